The number of nitrogens with one attached hydrogen (secondary N) is 1. The number of aromatic nitrogens is 2. The Morgan fingerprint density at radius 3 is 2.84 bits per heavy atom. The van der Waals surface area contributed by atoms with Crippen LogP contribution in [0.25, 0.3) is 0 Å². The second-order valence-corrected chi connectivity index (χ2v) is 11.5. The van der Waals surface area contributed by atoms with Crippen molar-refractivity contribution in [2.24, 2.45) is 45.4 Å². The van der Waals surface area contributed by atoms with Gasteiger partial charge in [-0.05, 0) is 73.5 Å². The van der Waals surface area contributed by atoms with Gasteiger partial charge in [0.05, 0.1) is 17.6 Å². The van der Waals surface area contributed by atoms with E-state index in [1.807, 2.05) is 0 Å². The van der Waals surface area contributed by atoms with Crippen molar-refractivity contribution in [1.82, 2.24) is 9.97 Å². The molecule has 0 amide bonds. The molecule has 170 valence electrons. The van der Waals surface area contributed by atoms with Gasteiger partial charge < -0.3 is 10.1 Å². The third kappa shape index (κ3) is 2.48. The molecule has 1 aromatic heterocycles. The number of H-pyrrole nitrogens is 1. The van der Waals surface area contributed by atoms with Gasteiger partial charge in [0.15, 0.2) is 5.78 Å². The first-order valence-corrected chi connectivity index (χ1v) is 12.6. The van der Waals surface area contributed by atoms with Crippen molar-refractivity contribution in [1.29, 1.82) is 0 Å². The van der Waals surface area contributed by atoms with E-state index in [1.54, 1.807) is 6.33 Å². The number of nitrogens with zero attached hydrogens (tertiary/aromatic N) is 2. The molecule has 0 bridgehead atoms. The number of Topliss-reactive ketones (excluding diaryl/α,β-unsaturated/α-hetero) is 1. The Kier molecular flexibility index (Phi) is 4.42. The van der Waals surface area contributed by atoms with E-state index in [2.05, 4.69) is 36.5 Å². The van der Waals surface area contributed by atoms with Crippen molar-refractivity contribution >= 4 is 11.5 Å². The van der Waals surface area contributed by atoms with Crippen LogP contribution in [0.2, 0.25) is 0 Å². The molecule has 0 spiro atoms. The second kappa shape index (κ2) is 6.91. The number of aliphatic hydroxyl groups excluding tert-OH is 1. The molecule has 6 rings (SSSR count). The van der Waals surface area contributed by atoms with Gasteiger partial charge in [0.2, 0.25) is 0 Å². The van der Waals surface area contributed by atoms with Crippen LogP contribution in [0.15, 0.2) is 35.3 Å². The number of aliphatic imine (C=N–C) groups is 1. The normalized spacial score (nSPS) is 43.1. The zero-order valence-corrected chi connectivity index (χ0v) is 19.4. The molecule has 32 heavy (non-hydrogen) atoms. The molecule has 4 aliphatic carbocycles. The van der Waals surface area contributed by atoms with E-state index in [-0.39, 0.29) is 17.1 Å². The number of aromatic amines is 1. The molecule has 3 saturated carbocycles. The highest BCUT2D eigenvalue weighted by Gasteiger charge is 2.62. The van der Waals surface area contributed by atoms with E-state index >= 15 is 0 Å². The summed E-state index contributed by atoms with van der Waals surface area (Å²) in [5.74, 6) is 2.93. The van der Waals surface area contributed by atoms with Gasteiger partial charge >= 0.3 is 0 Å². The Labute approximate surface area is 190 Å². The van der Waals surface area contributed by atoms with Gasteiger partial charge in [-0.1, -0.05) is 19.9 Å². The van der Waals surface area contributed by atoms with Gasteiger partial charge in [0.25, 0.3) is 0 Å². The van der Waals surface area contributed by atoms with Crippen LogP contribution >= 0.6 is 0 Å². The first kappa shape index (κ1) is 20.4. The molecule has 0 aromatic carbocycles. The molecule has 0 saturated heterocycles. The number of aliphatic hydroxyl groups is 1. The predicted molar refractivity (Wildman–Crippen MR) is 125 cm³/mol. The van der Waals surface area contributed by atoms with E-state index in [4.69, 9.17) is 4.99 Å². The minimum atomic E-state index is -0.351. The number of ketones is 1. The maximum absolute atomic E-state index is 13.4. The summed E-state index contributed by atoms with van der Waals surface area (Å²) in [5, 5.41) is 11.9. The maximum atomic E-state index is 13.4. The quantitative estimate of drug-likeness (QED) is 0.629. The number of fused-ring (bicyclic) bond motifs is 6. The fraction of sp³-hybridized carbons (Fsp3) is 0.667. The highest BCUT2D eigenvalue weighted by Crippen LogP contribution is 2.68. The van der Waals surface area contributed by atoms with Crippen LogP contribution in [0.1, 0.15) is 70.2 Å². The van der Waals surface area contributed by atoms with E-state index in [1.165, 1.54) is 25.7 Å². The SMILES string of the molecule is C=CC1CCC2C3CCC4CC(=O)C(C5=NCCc6[nH]cnc65)=C(O)C4(C)C3CCC12C. The predicted octanol–water partition coefficient (Wildman–Crippen LogP) is 5.20. The summed E-state index contributed by atoms with van der Waals surface area (Å²) >= 11 is 0. The molecule has 5 nitrogen and oxygen atoms in total. The average molecular weight is 434 g/mol. The number of allylic oxidation sites excluding steroid dienone is 3. The first-order chi connectivity index (χ1) is 15.4. The number of hydrogen-bond acceptors (Lipinski definition) is 4. The fourth-order valence-corrected chi connectivity index (χ4v) is 8.78. The summed E-state index contributed by atoms with van der Waals surface area (Å²) < 4.78 is 0. The lowest BCUT2D eigenvalue weighted by molar-refractivity contribution is -0.127. The highest BCUT2D eigenvalue weighted by molar-refractivity contribution is 6.29. The lowest BCUT2D eigenvalue weighted by atomic mass is 9.45. The zero-order chi connectivity index (χ0) is 22.3. The largest absolute Gasteiger partial charge is 0.511 e. The first-order valence-electron chi connectivity index (χ1n) is 12.6. The third-order valence-electron chi connectivity index (χ3n) is 10.5. The average Bonchev–Trinajstić information content (AvgIpc) is 3.39. The minimum absolute atomic E-state index is 0.0475. The van der Waals surface area contributed by atoms with Gasteiger partial charge in [0, 0.05) is 30.5 Å². The highest BCUT2D eigenvalue weighted by atomic mass is 16.3. The summed E-state index contributed by atoms with van der Waals surface area (Å²) in [6.45, 7) is 9.53. The van der Waals surface area contributed by atoms with Gasteiger partial charge in [0.1, 0.15) is 11.5 Å². The third-order valence-corrected chi connectivity index (χ3v) is 10.5. The van der Waals surface area contributed by atoms with Crippen LogP contribution in [-0.4, -0.2) is 33.1 Å². The van der Waals surface area contributed by atoms with Crippen molar-refractivity contribution in [2.45, 2.75) is 65.2 Å². The molecular formula is C27H35N3O2. The van der Waals surface area contributed by atoms with Crippen molar-refractivity contribution in [3.8, 4) is 0 Å². The van der Waals surface area contributed by atoms with Crippen LogP contribution in [0.5, 0.6) is 0 Å². The molecule has 7 unspecified atom stereocenters. The molecule has 2 heterocycles. The fourth-order valence-electron chi connectivity index (χ4n) is 8.78. The van der Waals surface area contributed by atoms with E-state index in [0.717, 1.165) is 30.7 Å². The second-order valence-electron chi connectivity index (χ2n) is 11.5. The standard InChI is InChI=1S/C27H35N3O2/c1-4-15-6-8-18-17-7-5-16-13-21(31)22(24-23-20(10-12-28-24)29-14-30-23)25(32)27(16,3)19(17)9-11-26(15,18)2/h4,14-19,32H,1,5-13H2,2-3H3,(H,29,30). The molecule has 2 N–H and O–H groups in total. The van der Waals surface area contributed by atoms with Gasteiger partial charge in [-0.15, -0.1) is 6.58 Å². The minimum Gasteiger partial charge on any atom is -0.511 e. The lowest BCUT2D eigenvalue weighted by Gasteiger charge is -2.59. The topological polar surface area (TPSA) is 78.3 Å². The molecule has 1 aromatic rings. The van der Waals surface area contributed by atoms with Crippen molar-refractivity contribution in [3.63, 3.8) is 0 Å². The molecule has 5 aliphatic rings. The lowest BCUT2D eigenvalue weighted by Crippen LogP contribution is -2.55. The summed E-state index contributed by atoms with van der Waals surface area (Å²) in [7, 11) is 0. The molecule has 0 radical (unpaired) electrons. The Bertz CT molecular complexity index is 1050. The van der Waals surface area contributed by atoms with Crippen molar-refractivity contribution in [2.75, 3.05) is 6.54 Å². The van der Waals surface area contributed by atoms with Gasteiger partial charge in [-0.25, -0.2) is 4.98 Å². The molecular weight excluding hydrogens is 398 g/mol. The van der Waals surface area contributed by atoms with Crippen molar-refractivity contribution in [3.05, 3.63) is 41.7 Å². The molecule has 7 atom stereocenters. The number of hydrogen-bond donors (Lipinski definition) is 2. The Hall–Kier alpha value is -2.17. The molecule has 1 aliphatic heterocycles. The number of imidazole rings is 1. The van der Waals surface area contributed by atoms with Crippen LogP contribution < -0.4 is 0 Å². The van der Waals surface area contributed by atoms with Gasteiger partial charge in [-0.2, -0.15) is 0 Å². The summed E-state index contributed by atoms with van der Waals surface area (Å²) in [5.41, 5.74) is 2.84. The van der Waals surface area contributed by atoms with Crippen LogP contribution in [0.4, 0.5) is 0 Å². The van der Waals surface area contributed by atoms with Gasteiger partial charge in [-0.3, -0.25) is 9.79 Å². The smallest absolute Gasteiger partial charge is 0.168 e. The number of rotatable bonds is 2. The Balaban J connectivity index is 1.43. The summed E-state index contributed by atoms with van der Waals surface area (Å²) in [6, 6.07) is 0. The Morgan fingerprint density at radius 2 is 2.03 bits per heavy atom. The maximum Gasteiger partial charge on any atom is 0.168 e. The van der Waals surface area contributed by atoms with Crippen molar-refractivity contribution < 1.29 is 9.90 Å². The van der Waals surface area contributed by atoms with E-state index in [9.17, 15) is 9.90 Å². The monoisotopic (exact) mass is 433 g/mol. The number of carbonyl (C=O) groups is 1. The summed E-state index contributed by atoms with van der Waals surface area (Å²) in [6.07, 6.45) is 12.3. The van der Waals surface area contributed by atoms with Crippen LogP contribution in [-0.2, 0) is 11.2 Å². The molecule has 3 fully saturated rings. The van der Waals surface area contributed by atoms with Crippen LogP contribution in [0.3, 0.4) is 0 Å². The van der Waals surface area contributed by atoms with E-state index in [0.29, 0.717) is 59.1 Å². The number of carbonyl (C=O) groups excluding carboxylic acids is 1. The van der Waals surface area contributed by atoms with Crippen LogP contribution in [0, 0.1) is 40.4 Å². The summed E-state index contributed by atoms with van der Waals surface area (Å²) in [4.78, 5) is 25.7. The van der Waals surface area contributed by atoms with E-state index < -0.39 is 0 Å². The Morgan fingerprint density at radius 1 is 1.19 bits per heavy atom. The zero-order valence-electron chi connectivity index (χ0n) is 19.4. The molecule has 5 heteroatoms.